The molecule has 1 aromatic rings. The molecule has 20 heavy (non-hydrogen) atoms. The number of fused-ring (bicyclic) bond motifs is 2. The van der Waals surface area contributed by atoms with Gasteiger partial charge in [0, 0.05) is 12.1 Å². The first-order chi connectivity index (χ1) is 9.81. The molecule has 108 valence electrons. The lowest BCUT2D eigenvalue weighted by molar-refractivity contribution is 0.229. The van der Waals surface area contributed by atoms with E-state index in [2.05, 4.69) is 23.5 Å². The van der Waals surface area contributed by atoms with Crippen LogP contribution in [0.25, 0.3) is 0 Å². The molecule has 1 aromatic carbocycles. The molecule has 0 aromatic heterocycles. The molecule has 0 amide bonds. The third-order valence-corrected chi connectivity index (χ3v) is 5.89. The Morgan fingerprint density at radius 3 is 2.70 bits per heavy atom. The summed E-state index contributed by atoms with van der Waals surface area (Å²) >= 11 is 0. The predicted octanol–water partition coefficient (Wildman–Crippen LogP) is 3.72. The normalized spacial score (nSPS) is 38.8. The fourth-order valence-corrected chi connectivity index (χ4v) is 4.67. The smallest absolute Gasteiger partial charge is 0.119 e. The zero-order valence-corrected chi connectivity index (χ0v) is 12.3. The van der Waals surface area contributed by atoms with E-state index in [-0.39, 0.29) is 0 Å². The summed E-state index contributed by atoms with van der Waals surface area (Å²) in [6.07, 6.45) is 8.55. The maximum Gasteiger partial charge on any atom is 0.119 e. The molecular formula is C18H25NO. The first-order valence-corrected chi connectivity index (χ1v) is 8.22. The minimum atomic E-state index is 0.737. The van der Waals surface area contributed by atoms with Gasteiger partial charge in [0.15, 0.2) is 0 Å². The summed E-state index contributed by atoms with van der Waals surface area (Å²) in [5, 5.41) is 3.94. The van der Waals surface area contributed by atoms with Crippen LogP contribution in [-0.4, -0.2) is 19.2 Å². The molecule has 3 aliphatic carbocycles. The number of benzene rings is 1. The van der Waals surface area contributed by atoms with Crippen LogP contribution >= 0.6 is 0 Å². The molecule has 0 aliphatic heterocycles. The topological polar surface area (TPSA) is 21.3 Å². The number of hydrogen-bond acceptors (Lipinski definition) is 2. The van der Waals surface area contributed by atoms with E-state index in [4.69, 9.17) is 4.74 Å². The number of hydrogen-bond donors (Lipinski definition) is 1. The lowest BCUT2D eigenvalue weighted by atomic mass is 9.75. The van der Waals surface area contributed by atoms with Crippen LogP contribution in [0.3, 0.4) is 0 Å². The van der Waals surface area contributed by atoms with Gasteiger partial charge in [-0.1, -0.05) is 18.6 Å². The lowest BCUT2D eigenvalue weighted by Crippen LogP contribution is -2.47. The molecule has 3 saturated carbocycles. The van der Waals surface area contributed by atoms with Crippen molar-refractivity contribution in [2.45, 2.75) is 56.5 Å². The molecule has 3 aliphatic rings. The highest BCUT2D eigenvalue weighted by molar-refractivity contribution is 5.32. The zero-order valence-electron chi connectivity index (χ0n) is 12.3. The monoisotopic (exact) mass is 271 g/mol. The molecule has 2 bridgehead atoms. The van der Waals surface area contributed by atoms with Crippen LogP contribution in [0.4, 0.5) is 0 Å². The van der Waals surface area contributed by atoms with Crippen LogP contribution in [0.5, 0.6) is 5.75 Å². The highest BCUT2D eigenvalue weighted by Crippen LogP contribution is 2.46. The molecule has 3 atom stereocenters. The molecule has 2 heteroatoms. The van der Waals surface area contributed by atoms with E-state index < -0.39 is 0 Å². The van der Waals surface area contributed by atoms with E-state index in [1.54, 1.807) is 7.11 Å². The Morgan fingerprint density at radius 1 is 1.10 bits per heavy atom. The fourth-order valence-electron chi connectivity index (χ4n) is 4.67. The van der Waals surface area contributed by atoms with Gasteiger partial charge in [-0.2, -0.15) is 0 Å². The Morgan fingerprint density at radius 2 is 2.00 bits per heavy atom. The van der Waals surface area contributed by atoms with Gasteiger partial charge in [0.2, 0.25) is 0 Å². The number of ether oxygens (including phenoxy) is 1. The van der Waals surface area contributed by atoms with Crippen LogP contribution in [0.2, 0.25) is 0 Å². The van der Waals surface area contributed by atoms with E-state index in [1.807, 2.05) is 6.07 Å². The van der Waals surface area contributed by atoms with Crippen molar-refractivity contribution in [1.82, 2.24) is 5.32 Å². The van der Waals surface area contributed by atoms with Gasteiger partial charge < -0.3 is 10.1 Å². The second-order valence-corrected chi connectivity index (χ2v) is 7.09. The minimum absolute atomic E-state index is 0.737. The average Bonchev–Trinajstić information content (AvgIpc) is 3.05. The van der Waals surface area contributed by atoms with Crippen molar-refractivity contribution in [2.24, 2.45) is 11.8 Å². The molecule has 2 nitrogen and oxygen atoms in total. The third-order valence-electron chi connectivity index (χ3n) is 5.89. The van der Waals surface area contributed by atoms with Gasteiger partial charge in [0.05, 0.1) is 7.11 Å². The van der Waals surface area contributed by atoms with E-state index in [9.17, 15) is 0 Å². The van der Waals surface area contributed by atoms with Gasteiger partial charge in [0.1, 0.15) is 5.75 Å². The minimum Gasteiger partial charge on any atom is -0.497 e. The highest BCUT2D eigenvalue weighted by Gasteiger charge is 2.41. The molecule has 3 unspecified atom stereocenters. The van der Waals surface area contributed by atoms with Crippen molar-refractivity contribution in [3.05, 3.63) is 29.8 Å². The lowest BCUT2D eigenvalue weighted by Gasteiger charge is -2.40. The molecule has 1 N–H and O–H groups in total. The predicted molar refractivity (Wildman–Crippen MR) is 81.1 cm³/mol. The van der Waals surface area contributed by atoms with Crippen LogP contribution in [0, 0.1) is 11.8 Å². The Kier molecular flexibility index (Phi) is 3.22. The molecule has 0 saturated heterocycles. The van der Waals surface area contributed by atoms with Crippen LogP contribution in [0.15, 0.2) is 24.3 Å². The van der Waals surface area contributed by atoms with Crippen LogP contribution < -0.4 is 10.1 Å². The van der Waals surface area contributed by atoms with E-state index in [1.165, 1.54) is 44.1 Å². The molecule has 0 heterocycles. The van der Waals surface area contributed by atoms with E-state index in [0.29, 0.717) is 0 Å². The Hall–Kier alpha value is -1.02. The molecule has 0 spiro atoms. The first-order valence-electron chi connectivity index (χ1n) is 8.22. The van der Waals surface area contributed by atoms with Crippen molar-refractivity contribution in [1.29, 1.82) is 0 Å². The zero-order chi connectivity index (χ0) is 13.5. The quantitative estimate of drug-likeness (QED) is 0.901. The molecule has 3 fully saturated rings. The van der Waals surface area contributed by atoms with Gasteiger partial charge in [-0.05, 0) is 67.6 Å². The Bertz CT molecular complexity index is 480. The van der Waals surface area contributed by atoms with Crippen LogP contribution in [0.1, 0.15) is 50.0 Å². The van der Waals surface area contributed by atoms with Crippen molar-refractivity contribution < 1.29 is 4.74 Å². The second-order valence-electron chi connectivity index (χ2n) is 7.09. The van der Waals surface area contributed by atoms with Crippen molar-refractivity contribution in [3.8, 4) is 5.75 Å². The molecule has 4 rings (SSSR count). The van der Waals surface area contributed by atoms with Gasteiger partial charge in [0.25, 0.3) is 0 Å². The summed E-state index contributed by atoms with van der Waals surface area (Å²) in [6, 6.07) is 10.2. The summed E-state index contributed by atoms with van der Waals surface area (Å²) in [5.74, 6) is 3.77. The largest absolute Gasteiger partial charge is 0.497 e. The maximum atomic E-state index is 5.33. The van der Waals surface area contributed by atoms with Crippen molar-refractivity contribution in [3.63, 3.8) is 0 Å². The van der Waals surface area contributed by atoms with E-state index in [0.717, 1.165) is 35.6 Å². The summed E-state index contributed by atoms with van der Waals surface area (Å²) in [5.41, 5.74) is 1.45. The second kappa shape index (κ2) is 5.07. The maximum absolute atomic E-state index is 5.33. The van der Waals surface area contributed by atoms with Gasteiger partial charge in [-0.25, -0.2) is 0 Å². The molecular weight excluding hydrogens is 246 g/mol. The summed E-state index contributed by atoms with van der Waals surface area (Å²) in [6.45, 7) is 0. The van der Waals surface area contributed by atoms with Gasteiger partial charge in [-0.3, -0.25) is 0 Å². The van der Waals surface area contributed by atoms with Gasteiger partial charge >= 0.3 is 0 Å². The highest BCUT2D eigenvalue weighted by atomic mass is 16.5. The van der Waals surface area contributed by atoms with Crippen molar-refractivity contribution in [2.75, 3.05) is 7.11 Å². The average molecular weight is 271 g/mol. The summed E-state index contributed by atoms with van der Waals surface area (Å²) < 4.78 is 5.33. The van der Waals surface area contributed by atoms with Gasteiger partial charge in [-0.15, -0.1) is 0 Å². The summed E-state index contributed by atoms with van der Waals surface area (Å²) in [4.78, 5) is 0. The SMILES string of the molecule is COc1cccc(C2CC(NC3CC4CCC3C4)C2)c1. The summed E-state index contributed by atoms with van der Waals surface area (Å²) in [7, 11) is 1.75. The molecule has 0 radical (unpaired) electrons. The van der Waals surface area contributed by atoms with E-state index >= 15 is 0 Å². The first kappa shape index (κ1) is 12.7. The number of nitrogens with one attached hydrogen (secondary N) is 1. The number of methoxy groups -OCH3 is 1. The third kappa shape index (κ3) is 2.24. The number of rotatable bonds is 4. The van der Waals surface area contributed by atoms with Crippen LogP contribution in [-0.2, 0) is 0 Å². The Balaban J connectivity index is 1.31. The fraction of sp³-hybridized carbons (Fsp3) is 0.667. The standard InChI is InChI=1S/C18H25NO/c1-20-17-4-2-3-13(11-17)15-9-16(10-15)19-18-8-12-5-6-14(18)7-12/h2-4,11-12,14-16,18-19H,5-10H2,1H3. The Labute approximate surface area is 121 Å². The van der Waals surface area contributed by atoms with Crippen molar-refractivity contribution >= 4 is 0 Å².